The van der Waals surface area contributed by atoms with Gasteiger partial charge in [0.2, 0.25) is 15.9 Å². The molecular weight excluding hydrogens is 412 g/mol. The van der Waals surface area contributed by atoms with E-state index in [-0.39, 0.29) is 5.91 Å². The molecule has 0 bridgehead atoms. The minimum Gasteiger partial charge on any atom is -0.464 e. The van der Waals surface area contributed by atoms with E-state index < -0.39 is 10.0 Å². The van der Waals surface area contributed by atoms with Gasteiger partial charge in [-0.1, -0.05) is 25.5 Å². The smallest absolute Gasteiger partial charge is 0.243 e. The highest BCUT2D eigenvalue weighted by atomic mass is 32.2. The van der Waals surface area contributed by atoms with E-state index in [9.17, 15) is 13.2 Å². The number of benzene rings is 1. The second-order valence-electron chi connectivity index (χ2n) is 8.98. The van der Waals surface area contributed by atoms with Crippen LogP contribution in [0.1, 0.15) is 62.0 Å². The molecule has 4 rings (SSSR count). The maximum absolute atomic E-state index is 12.7. The molecule has 2 aromatic rings. The summed E-state index contributed by atoms with van der Waals surface area (Å²) in [5, 5.41) is 0. The van der Waals surface area contributed by atoms with Crippen LogP contribution in [-0.4, -0.2) is 43.7 Å². The van der Waals surface area contributed by atoms with E-state index in [1.54, 1.807) is 28.4 Å². The average Bonchev–Trinajstić information content (AvgIpc) is 3.33. The van der Waals surface area contributed by atoms with Gasteiger partial charge in [0.05, 0.1) is 11.4 Å². The van der Waals surface area contributed by atoms with Gasteiger partial charge in [0.25, 0.3) is 0 Å². The van der Waals surface area contributed by atoms with E-state index in [4.69, 9.17) is 4.42 Å². The SMILES string of the molecule is CC1CC1c1ccc(CN(C)C(=O)CCc2ccc(S(=O)(=O)N3CCCCC3)cc2)o1. The van der Waals surface area contributed by atoms with Crippen molar-refractivity contribution in [3.8, 4) is 0 Å². The first-order valence-electron chi connectivity index (χ1n) is 11.3. The van der Waals surface area contributed by atoms with Gasteiger partial charge < -0.3 is 9.32 Å². The summed E-state index contributed by atoms with van der Waals surface area (Å²) < 4.78 is 33.0. The quantitative estimate of drug-likeness (QED) is 0.613. The van der Waals surface area contributed by atoms with Crippen molar-refractivity contribution in [1.82, 2.24) is 9.21 Å². The number of sulfonamides is 1. The van der Waals surface area contributed by atoms with Crippen LogP contribution in [0.25, 0.3) is 0 Å². The summed E-state index contributed by atoms with van der Waals surface area (Å²) in [4.78, 5) is 14.6. The van der Waals surface area contributed by atoms with E-state index >= 15 is 0 Å². The number of aryl methyl sites for hydroxylation is 1. The number of furan rings is 1. The summed E-state index contributed by atoms with van der Waals surface area (Å²) in [7, 11) is -1.62. The van der Waals surface area contributed by atoms with Crippen LogP contribution in [0.4, 0.5) is 0 Å². The van der Waals surface area contributed by atoms with Crippen molar-refractivity contribution in [2.24, 2.45) is 5.92 Å². The monoisotopic (exact) mass is 444 g/mol. The van der Waals surface area contributed by atoms with Crippen molar-refractivity contribution >= 4 is 15.9 Å². The van der Waals surface area contributed by atoms with Gasteiger partial charge >= 0.3 is 0 Å². The Morgan fingerprint density at radius 3 is 2.42 bits per heavy atom. The van der Waals surface area contributed by atoms with E-state index in [2.05, 4.69) is 6.92 Å². The van der Waals surface area contributed by atoms with Crippen LogP contribution >= 0.6 is 0 Å². The maximum Gasteiger partial charge on any atom is 0.243 e. The minimum atomic E-state index is -3.41. The number of nitrogens with zero attached hydrogens (tertiary/aromatic N) is 2. The first-order chi connectivity index (χ1) is 14.8. The number of rotatable bonds is 8. The van der Waals surface area contributed by atoms with Gasteiger partial charge in [-0.05, 0) is 61.4 Å². The lowest BCUT2D eigenvalue weighted by Crippen LogP contribution is -2.35. The zero-order valence-corrected chi connectivity index (χ0v) is 19.2. The molecule has 1 aliphatic heterocycles. The average molecular weight is 445 g/mol. The van der Waals surface area contributed by atoms with Crippen LogP contribution in [0.2, 0.25) is 0 Å². The molecule has 1 amide bonds. The molecular formula is C24H32N2O4S. The number of hydrogen-bond donors (Lipinski definition) is 0. The third-order valence-corrected chi connectivity index (χ3v) is 8.39. The molecule has 2 unspecified atom stereocenters. The van der Waals surface area contributed by atoms with E-state index in [1.807, 2.05) is 24.3 Å². The molecule has 2 aliphatic rings. The van der Waals surface area contributed by atoms with Gasteiger partial charge in [-0.25, -0.2) is 8.42 Å². The fourth-order valence-corrected chi connectivity index (χ4v) is 5.76. The van der Waals surface area contributed by atoms with E-state index in [1.165, 1.54) is 6.42 Å². The molecule has 2 heterocycles. The van der Waals surface area contributed by atoms with Crippen LogP contribution in [0, 0.1) is 5.92 Å². The number of carbonyl (C=O) groups excluding carboxylic acids is 1. The van der Waals surface area contributed by atoms with Gasteiger partial charge in [-0.15, -0.1) is 0 Å². The molecule has 0 N–H and O–H groups in total. The Balaban J connectivity index is 1.28. The summed E-state index contributed by atoms with van der Waals surface area (Å²) in [6.07, 6.45) is 5.07. The zero-order valence-electron chi connectivity index (χ0n) is 18.4. The molecule has 6 nitrogen and oxygen atoms in total. The highest BCUT2D eigenvalue weighted by molar-refractivity contribution is 7.89. The molecule has 0 radical (unpaired) electrons. The Morgan fingerprint density at radius 1 is 1.10 bits per heavy atom. The topological polar surface area (TPSA) is 70.8 Å². The second kappa shape index (κ2) is 9.17. The van der Waals surface area contributed by atoms with Crippen molar-refractivity contribution < 1.29 is 17.6 Å². The fraction of sp³-hybridized carbons (Fsp3) is 0.542. The van der Waals surface area contributed by atoms with Crippen molar-refractivity contribution in [2.45, 2.75) is 62.8 Å². The minimum absolute atomic E-state index is 0.0442. The predicted octanol–water partition coefficient (Wildman–Crippen LogP) is 4.17. The van der Waals surface area contributed by atoms with E-state index in [0.717, 1.165) is 36.3 Å². The molecule has 1 aromatic heterocycles. The molecule has 1 saturated heterocycles. The van der Waals surface area contributed by atoms with Crippen LogP contribution in [0.3, 0.4) is 0 Å². The van der Waals surface area contributed by atoms with Gasteiger partial charge in [0.1, 0.15) is 11.5 Å². The lowest BCUT2D eigenvalue weighted by molar-refractivity contribution is -0.130. The standard InChI is InChI=1S/C24H32N2O4S/c1-18-16-22(18)23-12-9-20(30-23)17-25(2)24(27)13-8-19-6-10-21(11-7-19)31(28,29)26-14-4-3-5-15-26/h6-7,9-12,18,22H,3-5,8,13-17H2,1-2H3. The van der Waals surface area contributed by atoms with E-state index in [0.29, 0.717) is 49.2 Å². The second-order valence-corrected chi connectivity index (χ2v) is 10.9. The Kier molecular flexibility index (Phi) is 6.53. The molecule has 31 heavy (non-hydrogen) atoms. The molecule has 168 valence electrons. The molecule has 2 fully saturated rings. The van der Waals surface area contributed by atoms with Crippen LogP contribution in [0.15, 0.2) is 45.7 Å². The van der Waals surface area contributed by atoms with Gasteiger partial charge in [-0.3, -0.25) is 4.79 Å². The first kappa shape index (κ1) is 22.1. The summed E-state index contributed by atoms with van der Waals surface area (Å²) in [6.45, 7) is 3.88. The fourth-order valence-electron chi connectivity index (χ4n) is 4.24. The Bertz CT molecular complexity index is 1010. The third-order valence-electron chi connectivity index (χ3n) is 6.48. The molecule has 7 heteroatoms. The number of amides is 1. The molecule has 1 saturated carbocycles. The normalized spacial score (nSPS) is 21.7. The molecule has 0 spiro atoms. The largest absolute Gasteiger partial charge is 0.464 e. The van der Waals surface area contributed by atoms with Crippen LogP contribution in [0.5, 0.6) is 0 Å². The Hall–Kier alpha value is -2.12. The third kappa shape index (κ3) is 5.21. The predicted molar refractivity (Wildman–Crippen MR) is 119 cm³/mol. The van der Waals surface area contributed by atoms with Crippen molar-refractivity contribution in [3.05, 3.63) is 53.5 Å². The number of hydrogen-bond acceptors (Lipinski definition) is 4. The Morgan fingerprint density at radius 2 is 1.77 bits per heavy atom. The van der Waals surface area contributed by atoms with Crippen LogP contribution in [-0.2, 0) is 27.8 Å². The van der Waals surface area contributed by atoms with Crippen molar-refractivity contribution in [1.29, 1.82) is 0 Å². The van der Waals surface area contributed by atoms with Gasteiger partial charge in [0.15, 0.2) is 0 Å². The lowest BCUT2D eigenvalue weighted by Gasteiger charge is -2.25. The van der Waals surface area contributed by atoms with Crippen molar-refractivity contribution in [3.63, 3.8) is 0 Å². The molecule has 2 atom stereocenters. The number of piperidine rings is 1. The highest BCUT2D eigenvalue weighted by Gasteiger charge is 2.36. The van der Waals surface area contributed by atoms with Gasteiger partial charge in [0, 0.05) is 32.5 Å². The number of carbonyl (C=O) groups is 1. The van der Waals surface area contributed by atoms with Crippen molar-refractivity contribution in [2.75, 3.05) is 20.1 Å². The summed E-state index contributed by atoms with van der Waals surface area (Å²) in [6, 6.07) is 11.0. The summed E-state index contributed by atoms with van der Waals surface area (Å²) in [5.41, 5.74) is 0.961. The summed E-state index contributed by atoms with van der Waals surface area (Å²) in [5.74, 6) is 3.12. The lowest BCUT2D eigenvalue weighted by atomic mass is 10.1. The highest BCUT2D eigenvalue weighted by Crippen LogP contribution is 2.47. The molecule has 1 aromatic carbocycles. The Labute approximate surface area is 185 Å². The molecule has 1 aliphatic carbocycles. The summed E-state index contributed by atoms with van der Waals surface area (Å²) >= 11 is 0. The zero-order chi connectivity index (χ0) is 22.0. The maximum atomic E-state index is 12.7. The first-order valence-corrected chi connectivity index (χ1v) is 12.7. The van der Waals surface area contributed by atoms with Gasteiger partial charge in [-0.2, -0.15) is 4.31 Å². The van der Waals surface area contributed by atoms with Crippen LogP contribution < -0.4 is 0 Å².